The maximum atomic E-state index is 12.0. The lowest BCUT2D eigenvalue weighted by atomic mass is 10.1. The van der Waals surface area contributed by atoms with Crippen molar-refractivity contribution >= 4 is 16.9 Å². The van der Waals surface area contributed by atoms with Crippen LogP contribution in [0.3, 0.4) is 0 Å². The molecule has 0 radical (unpaired) electrons. The number of aromatic hydroxyl groups is 1. The second kappa shape index (κ2) is 6.58. The minimum Gasteiger partial charge on any atom is -0.508 e. The summed E-state index contributed by atoms with van der Waals surface area (Å²) in [4.78, 5) is 23.7. The van der Waals surface area contributed by atoms with Crippen molar-refractivity contribution in [3.63, 3.8) is 0 Å². The molecule has 0 saturated heterocycles. The Balaban J connectivity index is 1.77. The summed E-state index contributed by atoms with van der Waals surface area (Å²) in [5.74, 6) is -0.371. The molecule has 0 aliphatic rings. The molecule has 3 aromatic rings. The van der Waals surface area contributed by atoms with Crippen LogP contribution in [0.5, 0.6) is 5.75 Å². The molecule has 1 heterocycles. The van der Waals surface area contributed by atoms with E-state index in [9.17, 15) is 14.7 Å². The highest BCUT2D eigenvalue weighted by Gasteiger charge is 2.11. The third-order valence-electron chi connectivity index (χ3n) is 3.80. The minimum atomic E-state index is -0.557. The van der Waals surface area contributed by atoms with Crippen LogP contribution in [0.15, 0.2) is 57.7 Å². The van der Waals surface area contributed by atoms with Gasteiger partial charge in [0.25, 0.3) is 0 Å². The maximum absolute atomic E-state index is 12.0. The van der Waals surface area contributed by atoms with Gasteiger partial charge in [-0.2, -0.15) is 0 Å². The number of esters is 1. The molecule has 3 rings (SSSR count). The van der Waals surface area contributed by atoms with Crippen LogP contribution in [0.2, 0.25) is 0 Å². The molecule has 1 N–H and O–H groups in total. The second-order valence-corrected chi connectivity index (χ2v) is 5.54. The van der Waals surface area contributed by atoms with Gasteiger partial charge in [-0.25, -0.2) is 4.79 Å². The van der Waals surface area contributed by atoms with Crippen molar-refractivity contribution in [3.05, 3.63) is 75.6 Å². The smallest absolute Gasteiger partial charge is 0.336 e. The number of fused-ring (bicyclic) bond motifs is 1. The third-order valence-corrected chi connectivity index (χ3v) is 3.80. The summed E-state index contributed by atoms with van der Waals surface area (Å²) in [5, 5.41) is 10.1. The highest BCUT2D eigenvalue weighted by molar-refractivity contribution is 5.81. The number of carbonyl (C=O) groups excluding carboxylic acids is 1. The molecule has 24 heavy (non-hydrogen) atoms. The normalized spacial score (nSPS) is 10.7. The summed E-state index contributed by atoms with van der Waals surface area (Å²) in [6.07, 6.45) is 0.173. The highest BCUT2D eigenvalue weighted by Crippen LogP contribution is 2.22. The zero-order valence-corrected chi connectivity index (χ0v) is 13.1. The first kappa shape index (κ1) is 15.8. The Morgan fingerprint density at radius 3 is 2.71 bits per heavy atom. The van der Waals surface area contributed by atoms with Crippen molar-refractivity contribution in [3.8, 4) is 5.75 Å². The predicted molar refractivity (Wildman–Crippen MR) is 88.8 cm³/mol. The summed E-state index contributed by atoms with van der Waals surface area (Å²) in [6, 6.07) is 13.4. The van der Waals surface area contributed by atoms with Gasteiger partial charge < -0.3 is 14.3 Å². The van der Waals surface area contributed by atoms with E-state index in [0.717, 1.165) is 11.1 Å². The van der Waals surface area contributed by atoms with Gasteiger partial charge in [0, 0.05) is 23.1 Å². The minimum absolute atomic E-state index is 0.000604. The first-order valence-electron chi connectivity index (χ1n) is 7.49. The summed E-state index contributed by atoms with van der Waals surface area (Å²) >= 11 is 0. The van der Waals surface area contributed by atoms with Crippen molar-refractivity contribution in [1.29, 1.82) is 0 Å². The van der Waals surface area contributed by atoms with E-state index >= 15 is 0 Å². The van der Waals surface area contributed by atoms with E-state index in [1.165, 1.54) is 18.2 Å². The fourth-order valence-corrected chi connectivity index (χ4v) is 2.51. The quantitative estimate of drug-likeness (QED) is 0.589. The van der Waals surface area contributed by atoms with Gasteiger partial charge in [-0.1, -0.05) is 24.3 Å². The van der Waals surface area contributed by atoms with Crippen LogP contribution in [-0.2, 0) is 22.6 Å². The van der Waals surface area contributed by atoms with E-state index < -0.39 is 5.63 Å². The Bertz CT molecular complexity index is 955. The van der Waals surface area contributed by atoms with Crippen LogP contribution in [0.4, 0.5) is 0 Å². The first-order chi connectivity index (χ1) is 11.5. The lowest BCUT2D eigenvalue weighted by Crippen LogP contribution is -2.10. The molecule has 0 spiro atoms. The molecule has 5 heteroatoms. The average molecular weight is 324 g/mol. The van der Waals surface area contributed by atoms with E-state index in [4.69, 9.17) is 9.15 Å². The zero-order chi connectivity index (χ0) is 17.1. The van der Waals surface area contributed by atoms with Gasteiger partial charge in [-0.3, -0.25) is 4.79 Å². The van der Waals surface area contributed by atoms with Gasteiger partial charge in [0.15, 0.2) is 0 Å². The molecule has 0 amide bonds. The highest BCUT2D eigenvalue weighted by atomic mass is 16.5. The van der Waals surface area contributed by atoms with Crippen molar-refractivity contribution in [2.75, 3.05) is 0 Å². The van der Waals surface area contributed by atoms with Gasteiger partial charge in [-0.05, 0) is 30.2 Å². The van der Waals surface area contributed by atoms with E-state index in [1.807, 2.05) is 31.2 Å². The number of ether oxygens (including phenoxy) is 1. The number of hydrogen-bond acceptors (Lipinski definition) is 5. The van der Waals surface area contributed by atoms with Crippen molar-refractivity contribution in [2.45, 2.75) is 20.0 Å². The topological polar surface area (TPSA) is 76.7 Å². The van der Waals surface area contributed by atoms with E-state index in [0.29, 0.717) is 10.9 Å². The molecular formula is C19H16O5. The Labute approximate surface area is 138 Å². The Morgan fingerprint density at radius 1 is 1.12 bits per heavy atom. The van der Waals surface area contributed by atoms with Crippen molar-refractivity contribution in [2.24, 2.45) is 0 Å². The van der Waals surface area contributed by atoms with Crippen LogP contribution >= 0.6 is 0 Å². The Morgan fingerprint density at radius 2 is 1.92 bits per heavy atom. The molecule has 122 valence electrons. The molecule has 0 fully saturated rings. The van der Waals surface area contributed by atoms with Crippen LogP contribution in [-0.4, -0.2) is 11.1 Å². The third kappa shape index (κ3) is 3.46. The Kier molecular flexibility index (Phi) is 4.33. The monoisotopic (exact) mass is 324 g/mol. The standard InChI is InChI=1S/C19H16O5/c1-12-4-2-3-5-13(12)8-18(21)23-11-14-9-19(22)24-17-10-15(20)6-7-16(14)17/h2-7,9-10,20H,8,11H2,1H3. The molecule has 1 aromatic heterocycles. The fourth-order valence-electron chi connectivity index (χ4n) is 2.51. The molecule has 0 unspecified atom stereocenters. The number of carbonyl (C=O) groups is 1. The lowest BCUT2D eigenvalue weighted by molar-refractivity contribution is -0.144. The molecule has 0 atom stereocenters. The summed E-state index contributed by atoms with van der Waals surface area (Å²) in [5.41, 5.74) is 2.17. The van der Waals surface area contributed by atoms with Crippen LogP contribution in [0, 0.1) is 6.92 Å². The molecule has 5 nitrogen and oxygen atoms in total. The van der Waals surface area contributed by atoms with Gasteiger partial charge in [0.05, 0.1) is 6.42 Å². The SMILES string of the molecule is Cc1ccccc1CC(=O)OCc1cc(=O)oc2cc(O)ccc12. The first-order valence-corrected chi connectivity index (χ1v) is 7.49. The molecule has 0 aliphatic carbocycles. The number of benzene rings is 2. The van der Waals surface area contributed by atoms with Crippen LogP contribution < -0.4 is 5.63 Å². The van der Waals surface area contributed by atoms with Gasteiger partial charge in [0.2, 0.25) is 0 Å². The predicted octanol–water partition coefficient (Wildman–Crippen LogP) is 3.09. The number of phenolic OH excluding ortho intramolecular Hbond substituents is 1. The molecule has 2 aromatic carbocycles. The van der Waals surface area contributed by atoms with Gasteiger partial charge >= 0.3 is 11.6 Å². The Hall–Kier alpha value is -3.08. The lowest BCUT2D eigenvalue weighted by Gasteiger charge is -2.08. The van der Waals surface area contributed by atoms with Crippen LogP contribution in [0.25, 0.3) is 11.0 Å². The summed E-state index contributed by atoms with van der Waals surface area (Å²) in [7, 11) is 0. The number of phenols is 1. The number of hydrogen-bond donors (Lipinski definition) is 1. The largest absolute Gasteiger partial charge is 0.508 e. The average Bonchev–Trinajstić information content (AvgIpc) is 2.54. The zero-order valence-electron chi connectivity index (χ0n) is 13.1. The number of aryl methyl sites for hydroxylation is 1. The number of rotatable bonds is 4. The van der Waals surface area contributed by atoms with E-state index in [2.05, 4.69) is 0 Å². The van der Waals surface area contributed by atoms with Crippen LogP contribution in [0.1, 0.15) is 16.7 Å². The maximum Gasteiger partial charge on any atom is 0.336 e. The molecule has 0 saturated carbocycles. The van der Waals surface area contributed by atoms with Crippen molar-refractivity contribution < 1.29 is 19.1 Å². The summed E-state index contributed by atoms with van der Waals surface area (Å²) < 4.78 is 10.3. The van der Waals surface area contributed by atoms with Gasteiger partial charge in [-0.15, -0.1) is 0 Å². The summed E-state index contributed by atoms with van der Waals surface area (Å²) in [6.45, 7) is 1.91. The molecular weight excluding hydrogens is 308 g/mol. The van der Waals surface area contributed by atoms with E-state index in [1.54, 1.807) is 6.07 Å². The molecule has 0 aliphatic heterocycles. The fraction of sp³-hybridized carbons (Fsp3) is 0.158. The molecule has 0 bridgehead atoms. The van der Waals surface area contributed by atoms with Crippen molar-refractivity contribution in [1.82, 2.24) is 0 Å². The van der Waals surface area contributed by atoms with E-state index in [-0.39, 0.29) is 30.3 Å². The second-order valence-electron chi connectivity index (χ2n) is 5.54. The van der Waals surface area contributed by atoms with Gasteiger partial charge in [0.1, 0.15) is 17.9 Å².